The van der Waals surface area contributed by atoms with E-state index in [9.17, 15) is 4.79 Å². The first-order valence-corrected chi connectivity index (χ1v) is 7.16. The van der Waals surface area contributed by atoms with Crippen LogP contribution in [0.2, 0.25) is 0 Å². The average molecular weight is 256 g/mol. The predicted octanol–water partition coefficient (Wildman–Crippen LogP) is 1.79. The fourth-order valence-corrected chi connectivity index (χ4v) is 2.32. The minimum Gasteiger partial charge on any atom is -0.465 e. The quantitative estimate of drug-likeness (QED) is 0.639. The lowest BCUT2D eigenvalue weighted by Gasteiger charge is -2.29. The molecule has 0 heterocycles. The molecule has 1 N–H and O–H groups in total. The number of carbonyl (C=O) groups excluding carboxylic acids is 1. The molecule has 0 radical (unpaired) electrons. The Kier molecular flexibility index (Phi) is 6.09. The summed E-state index contributed by atoms with van der Waals surface area (Å²) in [5, 5.41) is 3.27. The van der Waals surface area contributed by atoms with Crippen LogP contribution in [0.5, 0.6) is 0 Å². The van der Waals surface area contributed by atoms with E-state index in [4.69, 9.17) is 4.74 Å². The van der Waals surface area contributed by atoms with Crippen molar-refractivity contribution in [1.82, 2.24) is 10.2 Å². The van der Waals surface area contributed by atoms with Crippen molar-refractivity contribution in [3.05, 3.63) is 0 Å². The van der Waals surface area contributed by atoms with Gasteiger partial charge in [0.05, 0.1) is 6.61 Å². The maximum Gasteiger partial charge on any atom is 0.326 e. The molecule has 0 spiro atoms. The highest BCUT2D eigenvalue weighted by Gasteiger charge is 2.33. The normalized spacial score (nSPS) is 18.7. The van der Waals surface area contributed by atoms with E-state index < -0.39 is 5.54 Å². The largest absolute Gasteiger partial charge is 0.465 e. The van der Waals surface area contributed by atoms with Crippen LogP contribution in [-0.4, -0.2) is 49.2 Å². The Hall–Kier alpha value is -0.610. The third kappa shape index (κ3) is 4.58. The Bertz CT molecular complexity index is 267. The molecule has 0 aromatic rings. The standard InChI is InChI=1S/C14H28N2O2/c1-5-15-14(3,13(17)18-6-2)10-7-11-16(4)12-8-9-12/h12,15H,5-11H2,1-4H3. The molecule has 1 unspecified atom stereocenters. The molecule has 4 nitrogen and oxygen atoms in total. The number of nitrogens with zero attached hydrogens (tertiary/aromatic N) is 1. The Morgan fingerprint density at radius 1 is 1.44 bits per heavy atom. The molecular weight excluding hydrogens is 228 g/mol. The molecule has 0 aromatic heterocycles. The Labute approximate surface area is 111 Å². The lowest BCUT2D eigenvalue weighted by atomic mass is 9.95. The minimum atomic E-state index is -0.533. The van der Waals surface area contributed by atoms with Crippen LogP contribution in [0, 0.1) is 0 Å². The van der Waals surface area contributed by atoms with Gasteiger partial charge in [-0.3, -0.25) is 4.79 Å². The number of esters is 1. The summed E-state index contributed by atoms with van der Waals surface area (Å²) in [7, 11) is 2.17. The summed E-state index contributed by atoms with van der Waals surface area (Å²) in [6.07, 6.45) is 4.52. The van der Waals surface area contributed by atoms with E-state index in [-0.39, 0.29) is 5.97 Å². The van der Waals surface area contributed by atoms with Gasteiger partial charge in [-0.15, -0.1) is 0 Å². The predicted molar refractivity (Wildman–Crippen MR) is 73.6 cm³/mol. The number of hydrogen-bond acceptors (Lipinski definition) is 4. The molecule has 4 heteroatoms. The maximum atomic E-state index is 12.0. The van der Waals surface area contributed by atoms with E-state index in [2.05, 4.69) is 17.3 Å². The number of nitrogens with one attached hydrogen (secondary N) is 1. The molecule has 106 valence electrons. The lowest BCUT2D eigenvalue weighted by Crippen LogP contribution is -2.50. The van der Waals surface area contributed by atoms with Crippen LogP contribution < -0.4 is 5.32 Å². The number of carbonyl (C=O) groups is 1. The molecule has 1 atom stereocenters. The molecule has 0 aromatic carbocycles. The van der Waals surface area contributed by atoms with Crippen LogP contribution in [0.3, 0.4) is 0 Å². The third-order valence-electron chi connectivity index (χ3n) is 3.65. The highest BCUT2D eigenvalue weighted by atomic mass is 16.5. The second-order valence-corrected chi connectivity index (χ2v) is 5.40. The molecular formula is C14H28N2O2. The van der Waals surface area contributed by atoms with Crippen molar-refractivity contribution in [2.24, 2.45) is 0 Å². The summed E-state index contributed by atoms with van der Waals surface area (Å²) in [6.45, 7) is 8.12. The maximum absolute atomic E-state index is 12.0. The van der Waals surface area contributed by atoms with E-state index in [0.29, 0.717) is 6.61 Å². The molecule has 1 aliphatic rings. The molecule has 1 fully saturated rings. The van der Waals surface area contributed by atoms with Crippen LogP contribution in [0.25, 0.3) is 0 Å². The van der Waals surface area contributed by atoms with Gasteiger partial charge in [-0.2, -0.15) is 0 Å². The number of ether oxygens (including phenoxy) is 1. The van der Waals surface area contributed by atoms with Crippen molar-refractivity contribution in [2.75, 3.05) is 26.7 Å². The Morgan fingerprint density at radius 3 is 2.61 bits per heavy atom. The summed E-state index contributed by atoms with van der Waals surface area (Å²) in [5.41, 5.74) is -0.533. The van der Waals surface area contributed by atoms with Crippen molar-refractivity contribution in [3.63, 3.8) is 0 Å². The first-order chi connectivity index (χ1) is 8.53. The van der Waals surface area contributed by atoms with E-state index >= 15 is 0 Å². The highest BCUT2D eigenvalue weighted by molar-refractivity contribution is 5.80. The van der Waals surface area contributed by atoms with Gasteiger partial charge in [0.2, 0.25) is 0 Å². The highest BCUT2D eigenvalue weighted by Crippen LogP contribution is 2.26. The van der Waals surface area contributed by atoms with Gasteiger partial charge in [0.15, 0.2) is 0 Å². The summed E-state index contributed by atoms with van der Waals surface area (Å²) >= 11 is 0. The second kappa shape index (κ2) is 7.10. The molecule has 1 saturated carbocycles. The number of rotatable bonds is 9. The van der Waals surface area contributed by atoms with Crippen molar-refractivity contribution in [3.8, 4) is 0 Å². The van der Waals surface area contributed by atoms with Crippen LogP contribution in [-0.2, 0) is 9.53 Å². The number of hydrogen-bond donors (Lipinski definition) is 1. The molecule has 1 aliphatic carbocycles. The molecule has 1 rings (SSSR count). The van der Waals surface area contributed by atoms with Crippen molar-refractivity contribution in [2.45, 2.75) is 58.0 Å². The van der Waals surface area contributed by atoms with Gasteiger partial charge in [-0.05, 0) is 59.7 Å². The van der Waals surface area contributed by atoms with Crippen LogP contribution in [0.4, 0.5) is 0 Å². The summed E-state index contributed by atoms with van der Waals surface area (Å²) in [6, 6.07) is 0.790. The van der Waals surface area contributed by atoms with Crippen molar-refractivity contribution >= 4 is 5.97 Å². The topological polar surface area (TPSA) is 41.6 Å². The minimum absolute atomic E-state index is 0.124. The SMILES string of the molecule is CCNC(C)(CCCN(C)C1CC1)C(=O)OCC. The van der Waals surface area contributed by atoms with Crippen molar-refractivity contribution < 1.29 is 9.53 Å². The van der Waals surface area contributed by atoms with Gasteiger partial charge < -0.3 is 15.0 Å². The zero-order valence-electron chi connectivity index (χ0n) is 12.3. The lowest BCUT2D eigenvalue weighted by molar-refractivity contribution is -0.150. The van der Waals surface area contributed by atoms with E-state index in [1.165, 1.54) is 12.8 Å². The van der Waals surface area contributed by atoms with Crippen LogP contribution in [0.1, 0.15) is 46.5 Å². The van der Waals surface area contributed by atoms with Gasteiger partial charge in [-0.25, -0.2) is 0 Å². The third-order valence-corrected chi connectivity index (χ3v) is 3.65. The molecule has 18 heavy (non-hydrogen) atoms. The fourth-order valence-electron chi connectivity index (χ4n) is 2.32. The summed E-state index contributed by atoms with van der Waals surface area (Å²) in [5.74, 6) is -0.124. The van der Waals surface area contributed by atoms with Gasteiger partial charge in [0.25, 0.3) is 0 Å². The molecule has 0 amide bonds. The van der Waals surface area contributed by atoms with Gasteiger partial charge in [-0.1, -0.05) is 6.92 Å². The molecule has 0 bridgehead atoms. The number of likely N-dealkylation sites (N-methyl/N-ethyl adjacent to an activating group) is 1. The van der Waals surface area contributed by atoms with Gasteiger partial charge >= 0.3 is 5.97 Å². The summed E-state index contributed by atoms with van der Waals surface area (Å²) < 4.78 is 5.16. The first-order valence-electron chi connectivity index (χ1n) is 7.16. The smallest absolute Gasteiger partial charge is 0.326 e. The van der Waals surface area contributed by atoms with Crippen LogP contribution >= 0.6 is 0 Å². The Morgan fingerprint density at radius 2 is 2.11 bits per heavy atom. The van der Waals surface area contributed by atoms with E-state index in [1.54, 1.807) is 0 Å². The second-order valence-electron chi connectivity index (χ2n) is 5.40. The zero-order valence-corrected chi connectivity index (χ0v) is 12.3. The molecule has 0 aliphatic heterocycles. The van der Waals surface area contributed by atoms with Gasteiger partial charge in [0.1, 0.15) is 5.54 Å². The monoisotopic (exact) mass is 256 g/mol. The average Bonchev–Trinajstić information content (AvgIpc) is 3.13. The zero-order chi connectivity index (χ0) is 13.6. The van der Waals surface area contributed by atoms with E-state index in [0.717, 1.165) is 32.0 Å². The van der Waals surface area contributed by atoms with Crippen molar-refractivity contribution in [1.29, 1.82) is 0 Å². The summed E-state index contributed by atoms with van der Waals surface area (Å²) in [4.78, 5) is 14.4. The Balaban J connectivity index is 2.37. The first kappa shape index (κ1) is 15.4. The van der Waals surface area contributed by atoms with Crippen LogP contribution in [0.15, 0.2) is 0 Å². The van der Waals surface area contributed by atoms with E-state index in [1.807, 2.05) is 20.8 Å². The van der Waals surface area contributed by atoms with Gasteiger partial charge in [0, 0.05) is 6.04 Å². The molecule has 0 saturated heterocycles. The fraction of sp³-hybridized carbons (Fsp3) is 0.929.